The van der Waals surface area contributed by atoms with Crippen molar-refractivity contribution < 1.29 is 0 Å². The molecule has 0 aromatic carbocycles. The average molecular weight is 336 g/mol. The summed E-state index contributed by atoms with van der Waals surface area (Å²) >= 11 is 0. The van der Waals surface area contributed by atoms with E-state index in [1.165, 1.54) is 49.3 Å². The van der Waals surface area contributed by atoms with E-state index in [9.17, 15) is 0 Å². The Morgan fingerprint density at radius 2 is 0.909 bits per heavy atom. The van der Waals surface area contributed by atoms with Crippen LogP contribution in [0.3, 0.4) is 0 Å². The van der Waals surface area contributed by atoms with E-state index in [0.29, 0.717) is 0 Å². The molecule has 0 N–H and O–H groups in total. The Balaban J connectivity index is 2.42. The molecule has 0 aliphatic carbocycles. The van der Waals surface area contributed by atoms with Gasteiger partial charge in [0.25, 0.3) is 0 Å². The van der Waals surface area contributed by atoms with E-state index < -0.39 is 0 Å². The second kappa shape index (κ2) is 5.67. The lowest BCUT2D eigenvalue weighted by Gasteiger charge is -2.48. The van der Waals surface area contributed by atoms with Crippen LogP contribution < -0.4 is 0 Å². The van der Waals surface area contributed by atoms with Gasteiger partial charge in [-0.15, -0.1) is 0 Å². The molecular formula is C18H30N2P2. The molecule has 4 heteroatoms. The Kier molecular flexibility index (Phi) is 4.66. The number of hydrogen-bond acceptors (Lipinski definition) is 2. The van der Waals surface area contributed by atoms with Crippen molar-refractivity contribution in [3.05, 3.63) is 22.3 Å². The maximum Gasteiger partial charge on any atom is 0.0951 e. The molecule has 122 valence electrons. The molecule has 22 heavy (non-hydrogen) atoms. The lowest BCUT2D eigenvalue weighted by Crippen LogP contribution is -2.56. The summed E-state index contributed by atoms with van der Waals surface area (Å²) in [5, 5.41) is 8.05. The van der Waals surface area contributed by atoms with Gasteiger partial charge in [0.1, 0.15) is 0 Å². The Bertz CT molecular complexity index is 585. The van der Waals surface area contributed by atoms with Gasteiger partial charge in [-0.1, -0.05) is 16.4 Å². The van der Waals surface area contributed by atoms with E-state index in [-0.39, 0.29) is 10.6 Å². The first-order chi connectivity index (χ1) is 9.96. The first kappa shape index (κ1) is 18.1. The fourth-order valence-corrected chi connectivity index (χ4v) is 6.66. The summed E-state index contributed by atoms with van der Waals surface area (Å²) in [6.45, 7) is 18.4. The first-order valence-corrected chi connectivity index (χ1v) is 9.72. The highest BCUT2D eigenvalue weighted by molar-refractivity contribution is 7.44. The van der Waals surface area contributed by atoms with Gasteiger partial charge in [-0.2, -0.15) is 0 Å². The zero-order valence-electron chi connectivity index (χ0n) is 15.8. The third-order valence-electron chi connectivity index (χ3n) is 6.11. The Morgan fingerprint density at radius 1 is 0.636 bits per heavy atom. The fraction of sp³-hybridized carbons (Fsp3) is 0.667. The van der Waals surface area contributed by atoms with Crippen molar-refractivity contribution in [2.24, 2.45) is 0 Å². The SMILES string of the molecule is CC1=PC(C)(N(C)N(C)C2(C)P=C(C)C(C)=C2C)C(C)=C1C. The van der Waals surface area contributed by atoms with E-state index in [1.54, 1.807) is 0 Å². The van der Waals surface area contributed by atoms with E-state index >= 15 is 0 Å². The highest BCUT2D eigenvalue weighted by atomic mass is 31.1. The van der Waals surface area contributed by atoms with Crippen LogP contribution in [0, 0.1) is 0 Å². The number of rotatable bonds is 3. The molecule has 0 aromatic rings. The summed E-state index contributed by atoms with van der Waals surface area (Å²) in [5.74, 6) is 0. The van der Waals surface area contributed by atoms with Crippen LogP contribution >= 0.6 is 16.4 Å². The number of hydrogen-bond donors (Lipinski definition) is 0. The molecule has 2 unspecified atom stereocenters. The van der Waals surface area contributed by atoms with E-state index in [0.717, 1.165) is 0 Å². The summed E-state index contributed by atoms with van der Waals surface area (Å²) < 4.78 is 0. The van der Waals surface area contributed by atoms with Crippen LogP contribution in [-0.4, -0.2) is 45.3 Å². The molecule has 0 saturated heterocycles. The van der Waals surface area contributed by atoms with Gasteiger partial charge in [0.05, 0.1) is 10.6 Å². The first-order valence-electron chi connectivity index (χ1n) is 7.94. The van der Waals surface area contributed by atoms with Crippen molar-refractivity contribution in [3.8, 4) is 0 Å². The largest absolute Gasteiger partial charge is 0.225 e. The van der Waals surface area contributed by atoms with E-state index in [2.05, 4.69) is 79.5 Å². The van der Waals surface area contributed by atoms with Crippen LogP contribution in [-0.2, 0) is 0 Å². The lowest BCUT2D eigenvalue weighted by atomic mass is 10.0. The molecule has 0 bridgehead atoms. The van der Waals surface area contributed by atoms with Crippen LogP contribution in [0.2, 0.25) is 0 Å². The highest BCUT2D eigenvalue weighted by Crippen LogP contribution is 2.49. The highest BCUT2D eigenvalue weighted by Gasteiger charge is 2.44. The molecule has 0 amide bonds. The molecule has 0 saturated carbocycles. The van der Waals surface area contributed by atoms with Crippen LogP contribution in [0.4, 0.5) is 0 Å². The van der Waals surface area contributed by atoms with Crippen LogP contribution in [0.25, 0.3) is 0 Å². The maximum atomic E-state index is 2.46. The normalized spacial score (nSPS) is 34.0. The van der Waals surface area contributed by atoms with Crippen LogP contribution in [0.5, 0.6) is 0 Å². The second-order valence-corrected chi connectivity index (χ2v) is 10.5. The number of nitrogens with zero attached hydrogens (tertiary/aromatic N) is 2. The molecule has 0 fully saturated rings. The summed E-state index contributed by atoms with van der Waals surface area (Å²) in [6.07, 6.45) is 0. The minimum atomic E-state index is 0.0616. The summed E-state index contributed by atoms with van der Waals surface area (Å²) in [4.78, 5) is 0. The van der Waals surface area contributed by atoms with Crippen molar-refractivity contribution in [1.29, 1.82) is 0 Å². The third kappa shape index (κ3) is 2.40. The quantitative estimate of drug-likeness (QED) is 0.518. The zero-order chi connectivity index (χ0) is 17.0. The van der Waals surface area contributed by atoms with Crippen molar-refractivity contribution in [3.63, 3.8) is 0 Å². The maximum absolute atomic E-state index is 2.46. The summed E-state index contributed by atoms with van der Waals surface area (Å²) in [5.41, 5.74) is 5.95. The monoisotopic (exact) mass is 336 g/mol. The van der Waals surface area contributed by atoms with Crippen molar-refractivity contribution in [1.82, 2.24) is 10.0 Å². The number of allylic oxidation sites excluding steroid dienone is 2. The molecule has 2 heterocycles. The minimum Gasteiger partial charge on any atom is -0.225 e. The van der Waals surface area contributed by atoms with Crippen molar-refractivity contribution in [2.75, 3.05) is 14.1 Å². The van der Waals surface area contributed by atoms with Gasteiger partial charge in [-0.25, -0.2) is 10.0 Å². The Labute approximate surface area is 139 Å². The average Bonchev–Trinajstić information content (AvgIpc) is 2.79. The van der Waals surface area contributed by atoms with Gasteiger partial charge in [-0.05, 0) is 88.3 Å². The van der Waals surface area contributed by atoms with Gasteiger partial charge < -0.3 is 0 Å². The fourth-order valence-electron chi connectivity index (χ4n) is 3.46. The molecule has 2 rings (SSSR count). The molecular weight excluding hydrogens is 306 g/mol. The predicted molar refractivity (Wildman–Crippen MR) is 104 cm³/mol. The Morgan fingerprint density at radius 3 is 1.09 bits per heavy atom. The molecule has 0 aromatic heterocycles. The molecule has 2 atom stereocenters. The minimum absolute atomic E-state index is 0.0616. The zero-order valence-corrected chi connectivity index (χ0v) is 17.6. The van der Waals surface area contributed by atoms with Gasteiger partial charge in [0.2, 0.25) is 0 Å². The molecule has 2 nitrogen and oxygen atoms in total. The number of likely N-dealkylation sites (N-methyl/N-ethyl adjacent to an activating group) is 2. The van der Waals surface area contributed by atoms with E-state index in [1.807, 2.05) is 0 Å². The lowest BCUT2D eigenvalue weighted by molar-refractivity contribution is -0.0422. The topological polar surface area (TPSA) is 6.48 Å². The second-order valence-electron chi connectivity index (χ2n) is 6.98. The van der Waals surface area contributed by atoms with Gasteiger partial charge in [0.15, 0.2) is 0 Å². The summed E-state index contributed by atoms with van der Waals surface area (Å²) in [6, 6.07) is 0. The van der Waals surface area contributed by atoms with Gasteiger partial charge in [-0.3, -0.25) is 0 Å². The van der Waals surface area contributed by atoms with E-state index in [4.69, 9.17) is 0 Å². The van der Waals surface area contributed by atoms with Gasteiger partial charge in [0, 0.05) is 14.1 Å². The van der Waals surface area contributed by atoms with Crippen LogP contribution in [0.15, 0.2) is 22.3 Å². The van der Waals surface area contributed by atoms with Crippen LogP contribution in [0.1, 0.15) is 55.4 Å². The molecule has 2 aliphatic heterocycles. The van der Waals surface area contributed by atoms with Crippen molar-refractivity contribution in [2.45, 2.75) is 65.9 Å². The molecule has 2 aliphatic rings. The number of hydrazine groups is 1. The predicted octanol–water partition coefficient (Wildman–Crippen LogP) is 5.17. The smallest absolute Gasteiger partial charge is 0.0951 e. The van der Waals surface area contributed by atoms with Crippen molar-refractivity contribution >= 4 is 27.0 Å². The Hall–Kier alpha value is -0.260. The third-order valence-corrected chi connectivity index (χ3v) is 9.57. The van der Waals surface area contributed by atoms with Gasteiger partial charge >= 0.3 is 0 Å². The molecule has 0 spiro atoms. The molecule has 0 radical (unpaired) electrons. The summed E-state index contributed by atoms with van der Waals surface area (Å²) in [7, 11) is 7.32. The standard InChI is InChI=1S/C18H30N2P2/c1-11-13(3)17(7,21-15(11)5)19(9)20(10)18(8)14(4)12(2)16(6)22-18/h1-10H3.